The highest BCUT2D eigenvalue weighted by molar-refractivity contribution is 7.62. The first kappa shape index (κ1) is 19.2. The Bertz CT molecular complexity index is 692. The highest BCUT2D eigenvalue weighted by Crippen LogP contribution is 2.47. The van der Waals surface area contributed by atoms with E-state index in [1.54, 1.807) is 36.4 Å². The van der Waals surface area contributed by atoms with E-state index in [0.717, 1.165) is 5.75 Å². The molecule has 0 aliphatic rings. The summed E-state index contributed by atoms with van der Waals surface area (Å²) < 4.78 is 29.9. The van der Waals surface area contributed by atoms with Crippen LogP contribution < -0.4 is 10.0 Å². The second-order valence-electron chi connectivity index (χ2n) is 5.23. The lowest BCUT2D eigenvalue weighted by atomic mass is 10.3. The summed E-state index contributed by atoms with van der Waals surface area (Å²) >= 11 is 0. The fourth-order valence-electron chi connectivity index (χ4n) is 2.02. The quantitative estimate of drug-likeness (QED) is 0.303. The van der Waals surface area contributed by atoms with Crippen molar-refractivity contribution in [3.05, 3.63) is 79.9 Å². The summed E-state index contributed by atoms with van der Waals surface area (Å²) in [5, 5.41) is 0.501. The van der Waals surface area contributed by atoms with Gasteiger partial charge in [0, 0.05) is 0 Å². The molecular weight excluding hydrogens is 335 g/mol. The van der Waals surface area contributed by atoms with Crippen LogP contribution in [0.1, 0.15) is 12.8 Å². The maximum Gasteiger partial charge on any atom is 0.361 e. The van der Waals surface area contributed by atoms with Crippen molar-refractivity contribution in [1.82, 2.24) is 0 Å². The standard InChI is InChI=1S/C20H23O4P/c1-3-5-16-22-25(21,23-17-6-4-2)20-14-12-19(13-15-20)24-18-10-8-7-9-11-18/h3-4,7-15H,1-2,5-6,16-17H2. The third-order valence-corrected chi connectivity index (χ3v) is 5.27. The van der Waals surface area contributed by atoms with Crippen LogP contribution in [-0.2, 0) is 13.6 Å². The Kier molecular flexibility index (Phi) is 7.68. The molecule has 0 heterocycles. The van der Waals surface area contributed by atoms with Crippen LogP contribution in [0.25, 0.3) is 0 Å². The van der Waals surface area contributed by atoms with Gasteiger partial charge in [-0.3, -0.25) is 4.57 Å². The van der Waals surface area contributed by atoms with Gasteiger partial charge in [0.25, 0.3) is 0 Å². The average molecular weight is 358 g/mol. The van der Waals surface area contributed by atoms with Crippen molar-refractivity contribution in [3.8, 4) is 11.5 Å². The first-order valence-electron chi connectivity index (χ1n) is 8.12. The van der Waals surface area contributed by atoms with Gasteiger partial charge >= 0.3 is 7.60 Å². The Balaban J connectivity index is 2.11. The van der Waals surface area contributed by atoms with Crippen molar-refractivity contribution in [2.24, 2.45) is 0 Å². The minimum atomic E-state index is -3.38. The van der Waals surface area contributed by atoms with Crippen molar-refractivity contribution in [1.29, 1.82) is 0 Å². The zero-order chi connectivity index (χ0) is 18.0. The number of para-hydroxylation sites is 1. The molecule has 0 saturated heterocycles. The molecule has 0 aliphatic heterocycles. The minimum absolute atomic E-state index is 0.289. The summed E-state index contributed by atoms with van der Waals surface area (Å²) in [5.41, 5.74) is 0. The molecule has 2 rings (SSSR count). The molecule has 0 radical (unpaired) electrons. The molecular formula is C20H23O4P. The van der Waals surface area contributed by atoms with Gasteiger partial charge in [-0.05, 0) is 49.2 Å². The predicted octanol–water partition coefficient (Wildman–Crippen LogP) is 5.48. The second kappa shape index (κ2) is 10.00. The van der Waals surface area contributed by atoms with E-state index in [9.17, 15) is 4.57 Å². The Morgan fingerprint density at radius 2 is 1.32 bits per heavy atom. The highest BCUT2D eigenvalue weighted by Gasteiger charge is 2.27. The SMILES string of the molecule is C=CCCOP(=O)(OCCC=C)c1ccc(Oc2ccccc2)cc1. The number of hydrogen-bond acceptors (Lipinski definition) is 4. The van der Waals surface area contributed by atoms with E-state index >= 15 is 0 Å². The van der Waals surface area contributed by atoms with E-state index in [4.69, 9.17) is 13.8 Å². The van der Waals surface area contributed by atoms with E-state index in [1.165, 1.54) is 0 Å². The van der Waals surface area contributed by atoms with Crippen LogP contribution in [0.15, 0.2) is 79.9 Å². The lowest BCUT2D eigenvalue weighted by Crippen LogP contribution is -2.11. The minimum Gasteiger partial charge on any atom is -0.457 e. The van der Waals surface area contributed by atoms with Crippen LogP contribution in [0.4, 0.5) is 0 Å². The van der Waals surface area contributed by atoms with E-state index in [-0.39, 0.29) is 13.2 Å². The third kappa shape index (κ3) is 6.02. The van der Waals surface area contributed by atoms with Crippen LogP contribution in [0.3, 0.4) is 0 Å². The van der Waals surface area contributed by atoms with Gasteiger partial charge in [0.2, 0.25) is 0 Å². The zero-order valence-corrected chi connectivity index (χ0v) is 15.1. The van der Waals surface area contributed by atoms with Gasteiger partial charge in [0.1, 0.15) is 11.5 Å². The zero-order valence-electron chi connectivity index (χ0n) is 14.2. The first-order chi connectivity index (χ1) is 12.2. The fraction of sp³-hybridized carbons (Fsp3) is 0.200. The van der Waals surface area contributed by atoms with Crippen molar-refractivity contribution < 1.29 is 18.3 Å². The number of benzene rings is 2. The van der Waals surface area contributed by atoms with Crippen molar-refractivity contribution in [2.75, 3.05) is 13.2 Å². The Labute approximate surface area is 149 Å². The molecule has 0 saturated carbocycles. The summed E-state index contributed by atoms with van der Waals surface area (Å²) in [6.45, 7) is 7.86. The molecule has 5 heteroatoms. The normalized spacial score (nSPS) is 11.0. The lowest BCUT2D eigenvalue weighted by molar-refractivity contribution is 0.219. The van der Waals surface area contributed by atoms with Gasteiger partial charge in [-0.15, -0.1) is 13.2 Å². The van der Waals surface area contributed by atoms with E-state index < -0.39 is 7.60 Å². The molecule has 0 unspecified atom stereocenters. The topological polar surface area (TPSA) is 44.8 Å². The molecule has 2 aromatic rings. The van der Waals surface area contributed by atoms with Crippen molar-refractivity contribution >= 4 is 12.9 Å². The fourth-order valence-corrected chi connectivity index (χ4v) is 3.60. The predicted molar refractivity (Wildman–Crippen MR) is 102 cm³/mol. The number of rotatable bonds is 11. The maximum atomic E-state index is 13.1. The molecule has 2 aromatic carbocycles. The van der Waals surface area contributed by atoms with Crippen LogP contribution in [0.5, 0.6) is 11.5 Å². The number of ether oxygens (including phenoxy) is 1. The van der Waals surface area contributed by atoms with Gasteiger partial charge in [0.05, 0.1) is 18.5 Å². The maximum absolute atomic E-state index is 13.1. The van der Waals surface area contributed by atoms with E-state index in [2.05, 4.69) is 13.2 Å². The van der Waals surface area contributed by atoms with Gasteiger partial charge in [-0.1, -0.05) is 30.4 Å². The van der Waals surface area contributed by atoms with Gasteiger partial charge in [-0.25, -0.2) is 0 Å². The highest BCUT2D eigenvalue weighted by atomic mass is 31.2. The van der Waals surface area contributed by atoms with Gasteiger partial charge < -0.3 is 13.8 Å². The molecule has 0 bridgehead atoms. The van der Waals surface area contributed by atoms with Crippen molar-refractivity contribution in [3.63, 3.8) is 0 Å². The molecule has 0 aliphatic carbocycles. The molecule has 0 fully saturated rings. The first-order valence-corrected chi connectivity index (χ1v) is 9.66. The molecule has 132 valence electrons. The monoisotopic (exact) mass is 358 g/mol. The average Bonchev–Trinajstić information content (AvgIpc) is 2.64. The summed E-state index contributed by atoms with van der Waals surface area (Å²) in [6, 6.07) is 16.4. The summed E-state index contributed by atoms with van der Waals surface area (Å²) in [5.74, 6) is 1.39. The Morgan fingerprint density at radius 1 is 0.800 bits per heavy atom. The van der Waals surface area contributed by atoms with Gasteiger partial charge in [0.15, 0.2) is 0 Å². The molecule has 0 spiro atoms. The Morgan fingerprint density at radius 3 is 1.84 bits per heavy atom. The molecule has 0 N–H and O–H groups in total. The van der Waals surface area contributed by atoms with Crippen molar-refractivity contribution in [2.45, 2.75) is 12.8 Å². The summed E-state index contributed by atoms with van der Waals surface area (Å²) in [4.78, 5) is 0. The largest absolute Gasteiger partial charge is 0.457 e. The molecule has 0 aromatic heterocycles. The van der Waals surface area contributed by atoms with Crippen LogP contribution in [0, 0.1) is 0 Å². The Hall–Kier alpha value is -2.13. The lowest BCUT2D eigenvalue weighted by Gasteiger charge is -2.18. The third-order valence-electron chi connectivity index (χ3n) is 3.30. The summed E-state index contributed by atoms with van der Waals surface area (Å²) in [6.07, 6.45) is 4.63. The molecule has 4 nitrogen and oxygen atoms in total. The smallest absolute Gasteiger partial charge is 0.361 e. The van der Waals surface area contributed by atoms with E-state index in [0.29, 0.717) is 23.9 Å². The molecule has 0 atom stereocenters. The second-order valence-corrected chi connectivity index (χ2v) is 7.26. The van der Waals surface area contributed by atoms with Crippen LogP contribution in [-0.4, -0.2) is 13.2 Å². The summed E-state index contributed by atoms with van der Waals surface area (Å²) in [7, 11) is -3.38. The van der Waals surface area contributed by atoms with E-state index in [1.807, 2.05) is 30.3 Å². The van der Waals surface area contributed by atoms with Crippen LogP contribution >= 0.6 is 7.60 Å². The molecule has 25 heavy (non-hydrogen) atoms. The van der Waals surface area contributed by atoms with Gasteiger partial charge in [-0.2, -0.15) is 0 Å². The molecule has 0 amide bonds. The number of hydrogen-bond donors (Lipinski definition) is 0. The van der Waals surface area contributed by atoms with Crippen LogP contribution in [0.2, 0.25) is 0 Å².